The second kappa shape index (κ2) is 2.70. The third-order valence-corrected chi connectivity index (χ3v) is 2.28. The minimum Gasteiger partial charge on any atom is -0.381 e. The van der Waals surface area contributed by atoms with E-state index in [9.17, 15) is 0 Å². The van der Waals surface area contributed by atoms with E-state index in [4.69, 9.17) is 4.74 Å². The molecule has 2 atom stereocenters. The molecule has 0 saturated carbocycles. The molecule has 0 bridgehead atoms. The molecule has 1 heterocycles. The van der Waals surface area contributed by atoms with Crippen LogP contribution in [0, 0.1) is 17.8 Å². The molecule has 0 aromatic rings. The molecule has 0 unspecified atom stereocenters. The summed E-state index contributed by atoms with van der Waals surface area (Å²) in [5.74, 6) is 2.39. The van der Waals surface area contributed by atoms with Crippen molar-refractivity contribution in [3.63, 3.8) is 0 Å². The highest BCUT2D eigenvalue weighted by molar-refractivity contribution is 4.73. The molecule has 1 rings (SSSR count). The quantitative estimate of drug-likeness (QED) is 0.524. The minimum absolute atomic E-state index is 0.782. The summed E-state index contributed by atoms with van der Waals surface area (Å²) in [6.07, 6.45) is 0. The van der Waals surface area contributed by atoms with Gasteiger partial charge in [-0.25, -0.2) is 0 Å². The largest absolute Gasteiger partial charge is 0.381 e. The lowest BCUT2D eigenvalue weighted by atomic mass is 9.88. The summed E-state index contributed by atoms with van der Waals surface area (Å²) < 4.78 is 5.33. The van der Waals surface area contributed by atoms with E-state index in [-0.39, 0.29) is 0 Å². The molecule has 54 valence electrons. The van der Waals surface area contributed by atoms with Gasteiger partial charge in [0.05, 0.1) is 0 Å². The zero-order valence-corrected chi connectivity index (χ0v) is 6.55. The van der Waals surface area contributed by atoms with Crippen molar-refractivity contribution in [2.75, 3.05) is 13.2 Å². The molecule has 0 N–H and O–H groups in total. The fourth-order valence-electron chi connectivity index (χ4n) is 1.53. The smallest absolute Gasteiger partial charge is 0.0500 e. The van der Waals surface area contributed by atoms with Gasteiger partial charge in [-0.15, -0.1) is 0 Å². The predicted molar refractivity (Wildman–Crippen MR) is 38.3 cm³/mol. The summed E-state index contributed by atoms with van der Waals surface area (Å²) in [5, 5.41) is 0. The van der Waals surface area contributed by atoms with Gasteiger partial charge in [0.15, 0.2) is 0 Å². The van der Waals surface area contributed by atoms with Gasteiger partial charge in [0.2, 0.25) is 0 Å². The molecule has 9 heavy (non-hydrogen) atoms. The lowest BCUT2D eigenvalue weighted by Gasteiger charge is -2.16. The lowest BCUT2D eigenvalue weighted by molar-refractivity contribution is 0.175. The van der Waals surface area contributed by atoms with E-state index in [0.29, 0.717) is 0 Å². The molecule has 0 aromatic carbocycles. The second-order valence-electron chi connectivity index (χ2n) is 3.42. The topological polar surface area (TPSA) is 9.23 Å². The first kappa shape index (κ1) is 7.07. The normalized spacial score (nSPS) is 36.0. The molecular weight excluding hydrogens is 112 g/mol. The second-order valence-corrected chi connectivity index (χ2v) is 3.42. The summed E-state index contributed by atoms with van der Waals surface area (Å²) in [4.78, 5) is 0. The maximum Gasteiger partial charge on any atom is 0.0500 e. The third kappa shape index (κ3) is 1.45. The summed E-state index contributed by atoms with van der Waals surface area (Å²) in [6.45, 7) is 8.78. The Balaban J connectivity index is 2.40. The van der Waals surface area contributed by atoms with Crippen molar-refractivity contribution in [3.05, 3.63) is 0 Å². The standard InChI is InChI=1S/C8H16O/c1-6(2)8-5-9-4-7(8)3/h6-8H,4-5H2,1-3H3/t7-,8-/m0/s1. The first-order valence-electron chi connectivity index (χ1n) is 3.79. The van der Waals surface area contributed by atoms with Gasteiger partial charge < -0.3 is 4.74 Å². The molecular formula is C8H16O. The van der Waals surface area contributed by atoms with Crippen LogP contribution in [0.15, 0.2) is 0 Å². The van der Waals surface area contributed by atoms with E-state index in [2.05, 4.69) is 20.8 Å². The highest BCUT2D eigenvalue weighted by Gasteiger charge is 2.26. The Morgan fingerprint density at radius 2 is 2.00 bits per heavy atom. The van der Waals surface area contributed by atoms with Crippen LogP contribution in [0.25, 0.3) is 0 Å². The Kier molecular flexibility index (Phi) is 2.12. The van der Waals surface area contributed by atoms with E-state index < -0.39 is 0 Å². The Morgan fingerprint density at radius 3 is 2.22 bits per heavy atom. The maximum atomic E-state index is 5.33. The first-order valence-corrected chi connectivity index (χ1v) is 3.79. The van der Waals surface area contributed by atoms with E-state index in [1.165, 1.54) is 0 Å². The van der Waals surface area contributed by atoms with Gasteiger partial charge in [0.25, 0.3) is 0 Å². The molecule has 0 spiro atoms. The van der Waals surface area contributed by atoms with E-state index in [0.717, 1.165) is 31.0 Å². The first-order chi connectivity index (χ1) is 4.22. The zero-order chi connectivity index (χ0) is 6.85. The van der Waals surface area contributed by atoms with Crippen molar-refractivity contribution in [2.24, 2.45) is 17.8 Å². The Morgan fingerprint density at radius 1 is 1.33 bits per heavy atom. The van der Waals surface area contributed by atoms with E-state index in [1.54, 1.807) is 0 Å². The van der Waals surface area contributed by atoms with Crippen LogP contribution in [-0.4, -0.2) is 13.2 Å². The van der Waals surface area contributed by atoms with Gasteiger partial charge in [-0.1, -0.05) is 20.8 Å². The number of ether oxygens (including phenoxy) is 1. The number of rotatable bonds is 1. The average Bonchev–Trinajstić information content (AvgIpc) is 2.13. The number of hydrogen-bond donors (Lipinski definition) is 0. The molecule has 1 aliphatic rings. The molecule has 0 amide bonds. The summed E-state index contributed by atoms with van der Waals surface area (Å²) >= 11 is 0. The third-order valence-electron chi connectivity index (χ3n) is 2.28. The Hall–Kier alpha value is -0.0400. The van der Waals surface area contributed by atoms with Gasteiger partial charge >= 0.3 is 0 Å². The van der Waals surface area contributed by atoms with Crippen molar-refractivity contribution >= 4 is 0 Å². The molecule has 1 heteroatoms. The minimum atomic E-state index is 0.782. The molecule has 1 saturated heterocycles. The Bertz CT molecular complexity index is 88.6. The van der Waals surface area contributed by atoms with Crippen LogP contribution in [0.4, 0.5) is 0 Å². The van der Waals surface area contributed by atoms with E-state index in [1.807, 2.05) is 0 Å². The highest BCUT2D eigenvalue weighted by Crippen LogP contribution is 2.26. The van der Waals surface area contributed by atoms with Crippen molar-refractivity contribution in [2.45, 2.75) is 20.8 Å². The molecule has 1 nitrogen and oxygen atoms in total. The highest BCUT2D eigenvalue weighted by atomic mass is 16.5. The van der Waals surface area contributed by atoms with Crippen LogP contribution >= 0.6 is 0 Å². The summed E-state index contributed by atoms with van der Waals surface area (Å²) in [5.41, 5.74) is 0. The molecule has 1 aliphatic heterocycles. The van der Waals surface area contributed by atoms with Crippen LogP contribution in [-0.2, 0) is 4.74 Å². The van der Waals surface area contributed by atoms with Crippen LogP contribution in [0.5, 0.6) is 0 Å². The lowest BCUT2D eigenvalue weighted by Crippen LogP contribution is -2.14. The average molecular weight is 128 g/mol. The molecule has 1 fully saturated rings. The van der Waals surface area contributed by atoms with Crippen molar-refractivity contribution in [1.29, 1.82) is 0 Å². The fraction of sp³-hybridized carbons (Fsp3) is 1.00. The molecule has 0 aromatic heterocycles. The SMILES string of the molecule is CC(C)[C@@H]1COC[C@@H]1C. The molecule has 0 aliphatic carbocycles. The van der Waals surface area contributed by atoms with Crippen molar-refractivity contribution < 1.29 is 4.74 Å². The van der Waals surface area contributed by atoms with Gasteiger partial charge in [-0.2, -0.15) is 0 Å². The maximum absolute atomic E-state index is 5.33. The summed E-state index contributed by atoms with van der Waals surface area (Å²) in [7, 11) is 0. The predicted octanol–water partition coefficient (Wildman–Crippen LogP) is 1.92. The van der Waals surface area contributed by atoms with Crippen LogP contribution in [0.2, 0.25) is 0 Å². The zero-order valence-electron chi connectivity index (χ0n) is 6.55. The summed E-state index contributed by atoms with van der Waals surface area (Å²) in [6, 6.07) is 0. The van der Waals surface area contributed by atoms with Crippen LogP contribution in [0.1, 0.15) is 20.8 Å². The van der Waals surface area contributed by atoms with E-state index >= 15 is 0 Å². The fourth-order valence-corrected chi connectivity index (χ4v) is 1.53. The van der Waals surface area contributed by atoms with Crippen LogP contribution in [0.3, 0.4) is 0 Å². The van der Waals surface area contributed by atoms with Crippen molar-refractivity contribution in [3.8, 4) is 0 Å². The van der Waals surface area contributed by atoms with Crippen molar-refractivity contribution in [1.82, 2.24) is 0 Å². The molecule has 0 radical (unpaired) electrons. The number of hydrogen-bond acceptors (Lipinski definition) is 1. The van der Waals surface area contributed by atoms with Crippen LogP contribution < -0.4 is 0 Å². The van der Waals surface area contributed by atoms with Gasteiger partial charge in [-0.05, 0) is 17.8 Å². The van der Waals surface area contributed by atoms with Gasteiger partial charge in [0.1, 0.15) is 0 Å². The monoisotopic (exact) mass is 128 g/mol. The van der Waals surface area contributed by atoms with Gasteiger partial charge in [-0.3, -0.25) is 0 Å². The Labute approximate surface area is 57.4 Å². The van der Waals surface area contributed by atoms with Gasteiger partial charge in [0, 0.05) is 13.2 Å².